The van der Waals surface area contributed by atoms with E-state index in [1.165, 1.54) is 6.07 Å². The van der Waals surface area contributed by atoms with E-state index < -0.39 is 5.97 Å². The number of halogens is 1. The average molecular weight is 373 g/mol. The normalized spacial score (nSPS) is 16.7. The molecular formula is C21H24FNO4. The summed E-state index contributed by atoms with van der Waals surface area (Å²) in [7, 11) is 3.17. The zero-order chi connectivity index (χ0) is 19.4. The smallest absolute Gasteiger partial charge is 0.306 e. The standard InChI is InChI=1S/C21H24FNO4/c1-26-15-7-8-19(27-2)17(13-15)20(16-5-3-4-6-18(16)22)23-11-9-14(10-12-23)21(24)25/h3-8,13-14,20H,9-12H2,1-2H3,(H,24,25). The van der Waals surface area contributed by atoms with Gasteiger partial charge < -0.3 is 14.6 Å². The first-order valence-electron chi connectivity index (χ1n) is 8.98. The maximum atomic E-state index is 14.7. The Kier molecular flexibility index (Phi) is 5.96. The van der Waals surface area contributed by atoms with Gasteiger partial charge in [-0.1, -0.05) is 18.2 Å². The van der Waals surface area contributed by atoms with Crippen LogP contribution in [0.1, 0.15) is 30.0 Å². The Morgan fingerprint density at radius 1 is 1.11 bits per heavy atom. The third-order valence-electron chi connectivity index (χ3n) is 5.18. The van der Waals surface area contributed by atoms with Crippen LogP contribution in [0, 0.1) is 11.7 Å². The van der Waals surface area contributed by atoms with Crippen molar-refractivity contribution in [3.63, 3.8) is 0 Å². The van der Waals surface area contributed by atoms with Crippen molar-refractivity contribution in [2.45, 2.75) is 18.9 Å². The fourth-order valence-electron chi connectivity index (χ4n) is 3.72. The quantitative estimate of drug-likeness (QED) is 0.836. The zero-order valence-electron chi connectivity index (χ0n) is 15.5. The molecule has 1 heterocycles. The molecule has 2 aromatic carbocycles. The van der Waals surface area contributed by atoms with Crippen LogP contribution in [0.3, 0.4) is 0 Å². The van der Waals surface area contributed by atoms with Crippen molar-refractivity contribution in [2.24, 2.45) is 5.92 Å². The lowest BCUT2D eigenvalue weighted by Gasteiger charge is -2.37. The number of rotatable bonds is 6. The number of likely N-dealkylation sites (tertiary alicyclic amines) is 1. The van der Waals surface area contributed by atoms with Crippen molar-refractivity contribution in [2.75, 3.05) is 27.3 Å². The lowest BCUT2D eigenvalue weighted by atomic mass is 9.90. The van der Waals surface area contributed by atoms with E-state index in [0.717, 1.165) is 5.56 Å². The van der Waals surface area contributed by atoms with E-state index in [2.05, 4.69) is 4.90 Å². The van der Waals surface area contributed by atoms with E-state index in [-0.39, 0.29) is 17.8 Å². The largest absolute Gasteiger partial charge is 0.497 e. The third-order valence-corrected chi connectivity index (χ3v) is 5.18. The summed E-state index contributed by atoms with van der Waals surface area (Å²) in [5.41, 5.74) is 1.34. The molecule has 0 saturated carbocycles. The van der Waals surface area contributed by atoms with Crippen molar-refractivity contribution in [3.8, 4) is 11.5 Å². The molecule has 0 amide bonds. The predicted octanol–water partition coefficient (Wildman–Crippen LogP) is 3.73. The molecule has 1 atom stereocenters. The molecule has 144 valence electrons. The Morgan fingerprint density at radius 3 is 2.41 bits per heavy atom. The average Bonchev–Trinajstić information content (AvgIpc) is 2.70. The van der Waals surface area contributed by atoms with Crippen LogP contribution < -0.4 is 9.47 Å². The molecule has 0 spiro atoms. The molecule has 27 heavy (non-hydrogen) atoms. The van der Waals surface area contributed by atoms with Crippen LogP contribution in [0.2, 0.25) is 0 Å². The number of piperidine rings is 1. The number of carboxylic acids is 1. The Labute approximate surface area is 158 Å². The number of ether oxygens (including phenoxy) is 2. The van der Waals surface area contributed by atoms with Gasteiger partial charge >= 0.3 is 5.97 Å². The van der Waals surface area contributed by atoms with E-state index in [9.17, 15) is 14.3 Å². The highest BCUT2D eigenvalue weighted by molar-refractivity contribution is 5.70. The molecule has 6 heteroatoms. The van der Waals surface area contributed by atoms with Gasteiger partial charge in [0.15, 0.2) is 0 Å². The van der Waals surface area contributed by atoms with E-state index in [4.69, 9.17) is 9.47 Å². The molecule has 0 bridgehead atoms. The minimum absolute atomic E-state index is 0.298. The molecule has 0 aliphatic carbocycles. The molecule has 5 nitrogen and oxygen atoms in total. The van der Waals surface area contributed by atoms with Crippen LogP contribution in [-0.2, 0) is 4.79 Å². The molecule has 1 unspecified atom stereocenters. The summed E-state index contributed by atoms with van der Waals surface area (Å²) in [5.74, 6) is -0.115. The Hall–Kier alpha value is -2.60. The Morgan fingerprint density at radius 2 is 1.81 bits per heavy atom. The molecular weight excluding hydrogens is 349 g/mol. The molecule has 1 saturated heterocycles. The van der Waals surface area contributed by atoms with Gasteiger partial charge in [0.25, 0.3) is 0 Å². The summed E-state index contributed by atoms with van der Waals surface area (Å²) in [5, 5.41) is 9.28. The van der Waals surface area contributed by atoms with Gasteiger partial charge in [-0.3, -0.25) is 9.69 Å². The topological polar surface area (TPSA) is 59.0 Å². The van der Waals surface area contributed by atoms with Crippen molar-refractivity contribution < 1.29 is 23.8 Å². The molecule has 0 aromatic heterocycles. The number of methoxy groups -OCH3 is 2. The van der Waals surface area contributed by atoms with Gasteiger partial charge in [-0.05, 0) is 50.2 Å². The minimum Gasteiger partial charge on any atom is -0.497 e. The monoisotopic (exact) mass is 373 g/mol. The maximum absolute atomic E-state index is 14.7. The number of hydrogen-bond acceptors (Lipinski definition) is 4. The van der Waals surface area contributed by atoms with Gasteiger partial charge in [0.2, 0.25) is 0 Å². The molecule has 1 fully saturated rings. The summed E-state index contributed by atoms with van der Waals surface area (Å²) in [6.45, 7) is 1.13. The minimum atomic E-state index is -0.768. The van der Waals surface area contributed by atoms with E-state index in [0.29, 0.717) is 43.0 Å². The number of benzene rings is 2. The molecule has 1 aliphatic heterocycles. The first-order chi connectivity index (χ1) is 13.0. The number of hydrogen-bond donors (Lipinski definition) is 1. The fourth-order valence-corrected chi connectivity index (χ4v) is 3.72. The first kappa shape index (κ1) is 19.2. The van der Waals surface area contributed by atoms with Gasteiger partial charge in [-0.25, -0.2) is 4.39 Å². The molecule has 1 aliphatic rings. The van der Waals surface area contributed by atoms with Crippen LogP contribution in [0.4, 0.5) is 4.39 Å². The molecule has 1 N–H and O–H groups in total. The van der Waals surface area contributed by atoms with Crippen molar-refractivity contribution in [1.82, 2.24) is 4.90 Å². The van der Waals surface area contributed by atoms with Gasteiger partial charge in [0.05, 0.1) is 26.2 Å². The van der Waals surface area contributed by atoms with E-state index in [1.807, 2.05) is 18.2 Å². The highest BCUT2D eigenvalue weighted by atomic mass is 19.1. The lowest BCUT2D eigenvalue weighted by Crippen LogP contribution is -2.39. The van der Waals surface area contributed by atoms with Crippen LogP contribution in [0.25, 0.3) is 0 Å². The molecule has 3 rings (SSSR count). The van der Waals surface area contributed by atoms with Crippen LogP contribution in [-0.4, -0.2) is 43.3 Å². The highest BCUT2D eigenvalue weighted by Gasteiger charge is 2.33. The number of carboxylic acid groups (broad SMARTS) is 1. The maximum Gasteiger partial charge on any atom is 0.306 e. The Bertz CT molecular complexity index is 803. The number of carbonyl (C=O) groups is 1. The fraction of sp³-hybridized carbons (Fsp3) is 0.381. The summed E-state index contributed by atoms with van der Waals surface area (Å²) < 4.78 is 25.6. The summed E-state index contributed by atoms with van der Waals surface area (Å²) in [4.78, 5) is 13.4. The van der Waals surface area contributed by atoms with Gasteiger partial charge in [-0.15, -0.1) is 0 Å². The second-order valence-electron chi connectivity index (χ2n) is 6.68. The predicted molar refractivity (Wildman–Crippen MR) is 99.7 cm³/mol. The van der Waals surface area contributed by atoms with Crippen LogP contribution >= 0.6 is 0 Å². The summed E-state index contributed by atoms with van der Waals surface area (Å²) >= 11 is 0. The van der Waals surface area contributed by atoms with Gasteiger partial charge in [0, 0.05) is 11.1 Å². The Balaban J connectivity index is 2.04. The van der Waals surface area contributed by atoms with Gasteiger partial charge in [-0.2, -0.15) is 0 Å². The second-order valence-corrected chi connectivity index (χ2v) is 6.68. The molecule has 0 radical (unpaired) electrons. The van der Waals surface area contributed by atoms with Crippen molar-refractivity contribution >= 4 is 5.97 Å². The first-order valence-corrected chi connectivity index (χ1v) is 8.98. The summed E-state index contributed by atoms with van der Waals surface area (Å²) in [6.07, 6.45) is 1.07. The number of nitrogens with zero attached hydrogens (tertiary/aromatic N) is 1. The number of aliphatic carboxylic acids is 1. The second kappa shape index (κ2) is 8.39. The third kappa shape index (κ3) is 4.06. The SMILES string of the molecule is COc1ccc(OC)c(C(c2ccccc2F)N2CCC(C(=O)O)CC2)c1. The van der Waals surface area contributed by atoms with Crippen LogP contribution in [0.5, 0.6) is 11.5 Å². The zero-order valence-corrected chi connectivity index (χ0v) is 15.5. The van der Waals surface area contributed by atoms with Crippen molar-refractivity contribution in [1.29, 1.82) is 0 Å². The highest BCUT2D eigenvalue weighted by Crippen LogP contribution is 2.39. The lowest BCUT2D eigenvalue weighted by molar-refractivity contribution is -0.143. The van der Waals surface area contributed by atoms with Crippen molar-refractivity contribution in [3.05, 3.63) is 59.4 Å². The van der Waals surface area contributed by atoms with E-state index in [1.54, 1.807) is 32.4 Å². The summed E-state index contributed by atoms with van der Waals surface area (Å²) in [6, 6.07) is 11.8. The molecule has 2 aromatic rings. The van der Waals surface area contributed by atoms with E-state index >= 15 is 0 Å². The van der Waals surface area contributed by atoms with Crippen LogP contribution in [0.15, 0.2) is 42.5 Å². The van der Waals surface area contributed by atoms with Gasteiger partial charge in [0.1, 0.15) is 17.3 Å².